The molecule has 1 N–H and O–H groups in total. The van der Waals surface area contributed by atoms with E-state index < -0.39 is 0 Å². The molecule has 1 aromatic heterocycles. The van der Waals surface area contributed by atoms with Gasteiger partial charge in [0, 0.05) is 19.0 Å². The van der Waals surface area contributed by atoms with Crippen molar-refractivity contribution in [1.29, 1.82) is 0 Å². The van der Waals surface area contributed by atoms with E-state index in [0.29, 0.717) is 6.61 Å². The van der Waals surface area contributed by atoms with E-state index >= 15 is 0 Å². The van der Waals surface area contributed by atoms with E-state index in [1.165, 1.54) is 11.8 Å². The van der Waals surface area contributed by atoms with Crippen LogP contribution in [0.4, 0.5) is 0 Å². The van der Waals surface area contributed by atoms with Gasteiger partial charge >= 0.3 is 0 Å². The Morgan fingerprint density at radius 2 is 1.96 bits per heavy atom. The van der Waals surface area contributed by atoms with Crippen LogP contribution in [0.1, 0.15) is 25.2 Å². The fourth-order valence-corrected chi connectivity index (χ4v) is 3.60. The number of fused-ring (bicyclic) bond motifs is 1. The Morgan fingerprint density at radius 1 is 1.25 bits per heavy atom. The van der Waals surface area contributed by atoms with Crippen molar-refractivity contribution in [3.63, 3.8) is 0 Å². The molecule has 3 aromatic rings. The van der Waals surface area contributed by atoms with Crippen LogP contribution in [0.15, 0.2) is 42.5 Å². The van der Waals surface area contributed by atoms with Gasteiger partial charge < -0.3 is 14.4 Å². The van der Waals surface area contributed by atoms with E-state index in [1.807, 2.05) is 49.7 Å². The summed E-state index contributed by atoms with van der Waals surface area (Å²) in [7, 11) is 1.91. The standard InChI is InChI=1S/C21H24N2O3S.ClH/c1-4-27-21(25)14(2)11-15-5-8-17(9-6-15)26-13-20-22-18-10-7-16(24)12-19(18)23(20)3;/h5-10,12,14,24H,4,11,13H2,1-3H3;1H. The van der Waals surface area contributed by atoms with Crippen LogP contribution in [0.3, 0.4) is 0 Å². The molecule has 2 aromatic carbocycles. The lowest BCUT2D eigenvalue weighted by atomic mass is 10.0. The number of carbonyl (C=O) groups is 1. The number of aryl methyl sites for hydroxylation is 1. The molecule has 1 heterocycles. The van der Waals surface area contributed by atoms with Crippen molar-refractivity contribution >= 4 is 40.3 Å². The highest BCUT2D eigenvalue weighted by Gasteiger charge is 2.13. The smallest absolute Gasteiger partial charge is 0.192 e. The number of thioether (sulfide) groups is 1. The lowest BCUT2D eigenvalue weighted by Gasteiger charge is -2.11. The molecule has 0 radical (unpaired) electrons. The van der Waals surface area contributed by atoms with E-state index in [0.717, 1.165) is 40.3 Å². The molecule has 0 amide bonds. The second-order valence-corrected chi connectivity index (χ2v) is 7.82. The maximum absolute atomic E-state index is 11.9. The van der Waals surface area contributed by atoms with E-state index in [1.54, 1.807) is 18.2 Å². The first-order chi connectivity index (χ1) is 13.0. The number of hydrogen-bond acceptors (Lipinski definition) is 5. The predicted octanol–water partition coefficient (Wildman–Crippen LogP) is 4.74. The first kappa shape index (κ1) is 22.1. The number of aromatic hydroxyl groups is 1. The van der Waals surface area contributed by atoms with Crippen LogP contribution < -0.4 is 4.74 Å². The van der Waals surface area contributed by atoms with Crippen LogP contribution in [0.5, 0.6) is 11.5 Å². The topological polar surface area (TPSA) is 64.3 Å². The lowest BCUT2D eigenvalue weighted by molar-refractivity contribution is -0.113. The molecule has 0 bridgehead atoms. The highest BCUT2D eigenvalue weighted by atomic mass is 35.5. The van der Waals surface area contributed by atoms with Crippen LogP contribution in [-0.4, -0.2) is 25.5 Å². The summed E-state index contributed by atoms with van der Waals surface area (Å²) in [5.41, 5.74) is 2.82. The molecule has 1 atom stereocenters. The SMILES string of the molecule is CCSC(=O)C(C)Cc1ccc(OCc2nc3ccc(O)cc3n2C)cc1.Cl. The minimum atomic E-state index is 0. The summed E-state index contributed by atoms with van der Waals surface area (Å²) in [6.45, 7) is 4.31. The van der Waals surface area contributed by atoms with Gasteiger partial charge in [0.2, 0.25) is 0 Å². The summed E-state index contributed by atoms with van der Waals surface area (Å²) >= 11 is 1.38. The fraction of sp³-hybridized carbons (Fsp3) is 0.333. The summed E-state index contributed by atoms with van der Waals surface area (Å²) in [6, 6.07) is 13.0. The largest absolute Gasteiger partial charge is 0.508 e. The Kier molecular flexibility index (Phi) is 7.78. The van der Waals surface area contributed by atoms with Crippen LogP contribution in [0, 0.1) is 5.92 Å². The number of aromatic nitrogens is 2. The molecule has 28 heavy (non-hydrogen) atoms. The Hall–Kier alpha value is -2.18. The van der Waals surface area contributed by atoms with E-state index in [4.69, 9.17) is 4.74 Å². The number of ether oxygens (including phenoxy) is 1. The van der Waals surface area contributed by atoms with Gasteiger partial charge in [-0.05, 0) is 42.0 Å². The number of hydrogen-bond donors (Lipinski definition) is 1. The van der Waals surface area contributed by atoms with Gasteiger partial charge in [0.15, 0.2) is 5.12 Å². The van der Waals surface area contributed by atoms with Crippen LogP contribution in [0.25, 0.3) is 11.0 Å². The Balaban J connectivity index is 0.00000280. The maximum atomic E-state index is 11.9. The third-order valence-corrected chi connectivity index (χ3v) is 5.45. The Labute approximate surface area is 175 Å². The number of halogens is 1. The molecular weight excluding hydrogens is 396 g/mol. The monoisotopic (exact) mass is 420 g/mol. The zero-order valence-corrected chi connectivity index (χ0v) is 17.8. The quantitative estimate of drug-likeness (QED) is 0.598. The summed E-state index contributed by atoms with van der Waals surface area (Å²) in [4.78, 5) is 16.5. The third-order valence-electron chi connectivity index (χ3n) is 4.48. The van der Waals surface area contributed by atoms with Gasteiger partial charge in [-0.25, -0.2) is 4.98 Å². The molecule has 0 saturated carbocycles. The molecule has 3 rings (SSSR count). The zero-order valence-electron chi connectivity index (χ0n) is 16.2. The molecule has 7 heteroatoms. The number of benzene rings is 2. The van der Waals surface area contributed by atoms with Crippen molar-refractivity contribution in [2.45, 2.75) is 26.9 Å². The molecule has 1 unspecified atom stereocenters. The minimum Gasteiger partial charge on any atom is -0.508 e. The highest BCUT2D eigenvalue weighted by Crippen LogP contribution is 2.22. The van der Waals surface area contributed by atoms with Crippen molar-refractivity contribution in [3.8, 4) is 11.5 Å². The summed E-state index contributed by atoms with van der Waals surface area (Å²) < 4.78 is 7.78. The Bertz CT molecular complexity index is 941. The second-order valence-electron chi connectivity index (χ2n) is 6.55. The predicted molar refractivity (Wildman–Crippen MR) is 116 cm³/mol. The number of imidazole rings is 1. The highest BCUT2D eigenvalue weighted by molar-refractivity contribution is 8.13. The van der Waals surface area contributed by atoms with Gasteiger partial charge in [0.05, 0.1) is 11.0 Å². The zero-order chi connectivity index (χ0) is 19.4. The van der Waals surface area contributed by atoms with Crippen molar-refractivity contribution in [3.05, 3.63) is 53.9 Å². The van der Waals surface area contributed by atoms with Gasteiger partial charge in [-0.1, -0.05) is 37.7 Å². The number of carbonyl (C=O) groups excluding carboxylic acids is 1. The molecule has 150 valence electrons. The Morgan fingerprint density at radius 3 is 2.64 bits per heavy atom. The molecule has 0 fully saturated rings. The number of phenols is 1. The number of phenolic OH excluding ortho intramolecular Hbond substituents is 1. The molecular formula is C21H25ClN2O3S. The molecule has 0 aliphatic carbocycles. The van der Waals surface area contributed by atoms with E-state index in [9.17, 15) is 9.90 Å². The third kappa shape index (κ3) is 5.20. The van der Waals surface area contributed by atoms with E-state index in [-0.39, 0.29) is 29.2 Å². The molecule has 0 spiro atoms. The fourth-order valence-electron chi connectivity index (χ4n) is 2.95. The number of rotatable bonds is 7. The van der Waals surface area contributed by atoms with Crippen molar-refractivity contribution < 1.29 is 14.6 Å². The van der Waals surface area contributed by atoms with Crippen LogP contribution in [0.2, 0.25) is 0 Å². The van der Waals surface area contributed by atoms with Gasteiger partial charge in [-0.3, -0.25) is 4.79 Å². The molecule has 0 aliphatic heterocycles. The van der Waals surface area contributed by atoms with Crippen molar-refractivity contribution in [1.82, 2.24) is 9.55 Å². The first-order valence-corrected chi connectivity index (χ1v) is 9.99. The maximum Gasteiger partial charge on any atom is 0.192 e. The average Bonchev–Trinajstić information content (AvgIpc) is 2.97. The van der Waals surface area contributed by atoms with Gasteiger partial charge in [-0.15, -0.1) is 12.4 Å². The van der Waals surface area contributed by atoms with Crippen molar-refractivity contribution in [2.75, 3.05) is 5.75 Å². The van der Waals surface area contributed by atoms with E-state index in [2.05, 4.69) is 4.98 Å². The normalized spacial score (nSPS) is 11.8. The second kappa shape index (κ2) is 9.85. The first-order valence-electron chi connectivity index (χ1n) is 9.00. The molecule has 5 nitrogen and oxygen atoms in total. The summed E-state index contributed by atoms with van der Waals surface area (Å²) in [5, 5.41) is 9.87. The number of nitrogens with zero attached hydrogens (tertiary/aromatic N) is 2. The lowest BCUT2D eigenvalue weighted by Crippen LogP contribution is -2.10. The van der Waals surface area contributed by atoms with Gasteiger partial charge in [0.1, 0.15) is 23.9 Å². The summed E-state index contributed by atoms with van der Waals surface area (Å²) in [5.74, 6) is 2.60. The molecule has 0 saturated heterocycles. The average molecular weight is 421 g/mol. The van der Waals surface area contributed by atoms with Crippen LogP contribution in [-0.2, 0) is 24.9 Å². The van der Waals surface area contributed by atoms with Crippen LogP contribution >= 0.6 is 24.2 Å². The minimum absolute atomic E-state index is 0. The summed E-state index contributed by atoms with van der Waals surface area (Å²) in [6.07, 6.45) is 0.736. The van der Waals surface area contributed by atoms with Crippen molar-refractivity contribution in [2.24, 2.45) is 13.0 Å². The van der Waals surface area contributed by atoms with Gasteiger partial charge in [0.25, 0.3) is 0 Å². The molecule has 0 aliphatic rings. The van der Waals surface area contributed by atoms with Gasteiger partial charge in [-0.2, -0.15) is 0 Å².